The Bertz CT molecular complexity index is 469. The van der Waals surface area contributed by atoms with E-state index in [9.17, 15) is 0 Å². The van der Waals surface area contributed by atoms with Gasteiger partial charge in [0, 0.05) is 6.54 Å². The predicted molar refractivity (Wildman–Crippen MR) is 80.2 cm³/mol. The van der Waals surface area contributed by atoms with E-state index >= 15 is 0 Å². The molecule has 2 atom stereocenters. The van der Waals surface area contributed by atoms with Crippen LogP contribution < -0.4 is 5.32 Å². The largest absolute Gasteiger partial charge is 0.354 e. The second-order valence-electron chi connectivity index (χ2n) is 7.26. The maximum Gasteiger partial charge on any atom is 0.120 e. The van der Waals surface area contributed by atoms with Crippen LogP contribution in [-0.2, 0) is 11.3 Å². The Morgan fingerprint density at radius 3 is 2.45 bits per heavy atom. The van der Waals surface area contributed by atoms with Gasteiger partial charge in [-0.25, -0.2) is 0 Å². The summed E-state index contributed by atoms with van der Waals surface area (Å²) in [6.45, 7) is 3.23. The fourth-order valence-electron chi connectivity index (χ4n) is 5.08. The van der Waals surface area contributed by atoms with E-state index in [4.69, 9.17) is 4.74 Å². The molecule has 4 fully saturated rings. The molecule has 2 heterocycles. The predicted octanol–water partition coefficient (Wildman–Crippen LogP) is 3.86. The summed E-state index contributed by atoms with van der Waals surface area (Å²) in [4.78, 5) is 0. The highest BCUT2D eigenvalue weighted by Gasteiger charge is 2.57. The van der Waals surface area contributed by atoms with Gasteiger partial charge in [0.1, 0.15) is 5.72 Å². The molecular weight excluding hydrogens is 246 g/mol. The summed E-state index contributed by atoms with van der Waals surface area (Å²) in [6.07, 6.45) is 7.66. The minimum atomic E-state index is -0.0318. The fourth-order valence-corrected chi connectivity index (χ4v) is 5.08. The van der Waals surface area contributed by atoms with Crippen molar-refractivity contribution >= 4 is 0 Å². The minimum Gasteiger partial charge on any atom is -0.354 e. The van der Waals surface area contributed by atoms with E-state index in [-0.39, 0.29) is 11.3 Å². The number of ether oxygens (including phenoxy) is 1. The molecule has 1 aromatic carbocycles. The molecule has 2 unspecified atom stereocenters. The van der Waals surface area contributed by atoms with Gasteiger partial charge in [0.05, 0.1) is 5.60 Å². The zero-order valence-electron chi connectivity index (χ0n) is 12.4. The van der Waals surface area contributed by atoms with Crippen molar-refractivity contribution in [3.63, 3.8) is 0 Å². The summed E-state index contributed by atoms with van der Waals surface area (Å²) in [5, 5.41) is 3.78. The molecule has 1 N–H and O–H groups in total. The molecule has 2 aliphatic carbocycles. The van der Waals surface area contributed by atoms with Crippen molar-refractivity contribution in [1.82, 2.24) is 5.32 Å². The van der Waals surface area contributed by atoms with Gasteiger partial charge in [-0.1, -0.05) is 37.3 Å². The van der Waals surface area contributed by atoms with Crippen molar-refractivity contribution in [1.29, 1.82) is 0 Å². The molecule has 0 radical (unpaired) electrons. The van der Waals surface area contributed by atoms with Gasteiger partial charge in [0.15, 0.2) is 0 Å². The van der Waals surface area contributed by atoms with Crippen LogP contribution in [0.3, 0.4) is 0 Å². The lowest BCUT2D eigenvalue weighted by Gasteiger charge is -2.62. The van der Waals surface area contributed by atoms with Gasteiger partial charge in [-0.2, -0.15) is 0 Å². The Kier molecular flexibility index (Phi) is 2.94. The number of hydrogen-bond donors (Lipinski definition) is 1. The SMILES string of the molecule is CCC12CC3CC(C1)CC(NCc1ccccc1)(C3)O2. The highest BCUT2D eigenvalue weighted by molar-refractivity contribution is 5.15. The van der Waals surface area contributed by atoms with Crippen molar-refractivity contribution in [2.75, 3.05) is 0 Å². The van der Waals surface area contributed by atoms with Crippen LogP contribution in [0.15, 0.2) is 30.3 Å². The molecule has 4 bridgehead atoms. The monoisotopic (exact) mass is 271 g/mol. The number of benzene rings is 1. The van der Waals surface area contributed by atoms with Crippen molar-refractivity contribution in [2.24, 2.45) is 11.8 Å². The first-order valence-electron chi connectivity index (χ1n) is 8.20. The molecule has 4 aliphatic rings. The Labute approximate surface area is 121 Å². The third-order valence-electron chi connectivity index (χ3n) is 5.74. The molecule has 0 amide bonds. The highest BCUT2D eigenvalue weighted by Crippen LogP contribution is 2.57. The number of hydrogen-bond acceptors (Lipinski definition) is 2. The van der Waals surface area contributed by atoms with Gasteiger partial charge in [0.25, 0.3) is 0 Å². The average molecular weight is 271 g/mol. The summed E-state index contributed by atoms with van der Waals surface area (Å²) < 4.78 is 6.66. The van der Waals surface area contributed by atoms with Gasteiger partial charge < -0.3 is 4.74 Å². The smallest absolute Gasteiger partial charge is 0.120 e. The normalized spacial score (nSPS) is 42.0. The minimum absolute atomic E-state index is 0.0318. The van der Waals surface area contributed by atoms with Crippen molar-refractivity contribution < 1.29 is 4.74 Å². The van der Waals surface area contributed by atoms with E-state index < -0.39 is 0 Å². The lowest BCUT2D eigenvalue weighted by Crippen LogP contribution is -2.66. The van der Waals surface area contributed by atoms with Crippen LogP contribution >= 0.6 is 0 Å². The van der Waals surface area contributed by atoms with Gasteiger partial charge in [0.2, 0.25) is 0 Å². The van der Waals surface area contributed by atoms with E-state index in [0.717, 1.165) is 18.4 Å². The summed E-state index contributed by atoms with van der Waals surface area (Å²) in [7, 11) is 0. The first-order valence-corrected chi connectivity index (χ1v) is 8.20. The van der Waals surface area contributed by atoms with Gasteiger partial charge in [-0.3, -0.25) is 5.32 Å². The van der Waals surface area contributed by atoms with Crippen molar-refractivity contribution in [2.45, 2.75) is 63.3 Å². The van der Waals surface area contributed by atoms with Crippen LogP contribution in [0.1, 0.15) is 51.0 Å². The van der Waals surface area contributed by atoms with E-state index in [2.05, 4.69) is 42.6 Å². The van der Waals surface area contributed by atoms with Crippen LogP contribution in [0.4, 0.5) is 0 Å². The van der Waals surface area contributed by atoms with Gasteiger partial charge in [-0.05, 0) is 55.9 Å². The highest BCUT2D eigenvalue weighted by atomic mass is 16.5. The third-order valence-corrected chi connectivity index (χ3v) is 5.74. The van der Waals surface area contributed by atoms with Crippen LogP contribution in [-0.4, -0.2) is 11.3 Å². The lowest BCUT2D eigenvalue weighted by molar-refractivity contribution is -0.287. The quantitative estimate of drug-likeness (QED) is 0.898. The molecule has 2 saturated heterocycles. The average Bonchev–Trinajstić information content (AvgIpc) is 2.45. The van der Waals surface area contributed by atoms with Crippen molar-refractivity contribution in [3.8, 4) is 0 Å². The summed E-state index contributed by atoms with van der Waals surface area (Å²) in [5.74, 6) is 1.78. The molecule has 20 heavy (non-hydrogen) atoms. The molecule has 1 aromatic rings. The molecule has 2 aliphatic heterocycles. The van der Waals surface area contributed by atoms with Gasteiger partial charge >= 0.3 is 0 Å². The Balaban J connectivity index is 1.52. The zero-order valence-corrected chi connectivity index (χ0v) is 12.4. The molecule has 0 spiro atoms. The number of rotatable bonds is 4. The Morgan fingerprint density at radius 2 is 1.80 bits per heavy atom. The second-order valence-corrected chi connectivity index (χ2v) is 7.26. The summed E-state index contributed by atoms with van der Waals surface area (Å²) in [6, 6.07) is 10.7. The lowest BCUT2D eigenvalue weighted by atomic mass is 9.59. The number of nitrogens with one attached hydrogen (secondary N) is 1. The Hall–Kier alpha value is -0.860. The van der Waals surface area contributed by atoms with Crippen LogP contribution in [0.5, 0.6) is 0 Å². The molecule has 2 heteroatoms. The van der Waals surface area contributed by atoms with E-state index in [0.29, 0.717) is 0 Å². The van der Waals surface area contributed by atoms with E-state index in [1.165, 1.54) is 44.1 Å². The standard InChI is InChI=1S/C18H25NO/c1-2-17-9-15-8-16(10-17)12-18(11-15,20-17)19-13-14-6-4-3-5-7-14/h3-7,15-16,19H,2,8-13H2,1H3. The second kappa shape index (κ2) is 4.57. The summed E-state index contributed by atoms with van der Waals surface area (Å²) >= 11 is 0. The first kappa shape index (κ1) is 12.8. The van der Waals surface area contributed by atoms with E-state index in [1.807, 2.05) is 0 Å². The van der Waals surface area contributed by atoms with Gasteiger partial charge in [-0.15, -0.1) is 0 Å². The summed E-state index contributed by atoms with van der Waals surface area (Å²) in [5.41, 5.74) is 1.52. The maximum atomic E-state index is 6.66. The molecule has 2 nitrogen and oxygen atoms in total. The Morgan fingerprint density at radius 1 is 1.10 bits per heavy atom. The molecule has 5 rings (SSSR count). The fraction of sp³-hybridized carbons (Fsp3) is 0.667. The molecule has 2 saturated carbocycles. The molecule has 108 valence electrons. The molecule has 0 aromatic heterocycles. The maximum absolute atomic E-state index is 6.66. The topological polar surface area (TPSA) is 21.3 Å². The van der Waals surface area contributed by atoms with E-state index in [1.54, 1.807) is 0 Å². The van der Waals surface area contributed by atoms with Crippen LogP contribution in [0.2, 0.25) is 0 Å². The van der Waals surface area contributed by atoms with Crippen molar-refractivity contribution in [3.05, 3.63) is 35.9 Å². The van der Waals surface area contributed by atoms with Crippen LogP contribution in [0, 0.1) is 11.8 Å². The third kappa shape index (κ3) is 2.10. The van der Waals surface area contributed by atoms with Crippen LogP contribution in [0.25, 0.3) is 0 Å². The zero-order chi connectivity index (χ0) is 13.6. The first-order chi connectivity index (χ1) is 9.71. The molecular formula is C18H25NO.